The maximum atomic E-state index is 14.3. The first-order valence-corrected chi connectivity index (χ1v) is 26.8. The number of hydrogen-bond donors (Lipinski definition) is 3. The molecule has 0 aliphatic carbocycles. The molecule has 4 heterocycles. The molecule has 4 aromatic carbocycles. The number of thiazole rings is 1. The van der Waals surface area contributed by atoms with Gasteiger partial charge < -0.3 is 49.2 Å². The Morgan fingerprint density at radius 1 is 0.867 bits per heavy atom. The summed E-state index contributed by atoms with van der Waals surface area (Å²) in [5.41, 5.74) is 7.15. The topological polar surface area (TPSA) is 187 Å². The Balaban J connectivity index is 0.729. The van der Waals surface area contributed by atoms with Crippen molar-refractivity contribution >= 4 is 63.1 Å². The number of halogens is 2. The molecule has 1 fully saturated rings. The number of fused-ring (bicyclic) bond motifs is 2. The Labute approximate surface area is 445 Å². The van der Waals surface area contributed by atoms with E-state index in [1.165, 1.54) is 23.4 Å². The van der Waals surface area contributed by atoms with Gasteiger partial charge in [0.2, 0.25) is 11.8 Å². The summed E-state index contributed by atoms with van der Waals surface area (Å²) in [4.78, 5) is 58.9. The number of β-amino-alcohol motifs (C(OH)–C–C–N with tert-alkyl or cyclic N) is 1. The number of carbonyl (C=O) groups excluding carboxylic acids is 3. The van der Waals surface area contributed by atoms with Crippen LogP contribution < -0.4 is 24.8 Å². The summed E-state index contributed by atoms with van der Waals surface area (Å²) >= 11 is 7.53. The fourth-order valence-electron chi connectivity index (χ4n) is 9.35. The molecule has 3 N–H and O–H groups in total. The van der Waals surface area contributed by atoms with Gasteiger partial charge in [0.1, 0.15) is 35.8 Å². The van der Waals surface area contributed by atoms with Crippen molar-refractivity contribution in [3.05, 3.63) is 118 Å². The number of aromatic nitrogens is 3. The molecule has 2 aliphatic heterocycles. The number of amides is 3. The van der Waals surface area contributed by atoms with Gasteiger partial charge in [0.15, 0.2) is 11.5 Å². The number of likely N-dealkylation sites (tertiary alicyclic amines) is 1. The van der Waals surface area contributed by atoms with Crippen molar-refractivity contribution < 1.29 is 47.6 Å². The van der Waals surface area contributed by atoms with Crippen LogP contribution in [0.3, 0.4) is 0 Å². The molecule has 2 aliphatic rings. The molecule has 398 valence electrons. The van der Waals surface area contributed by atoms with E-state index in [0.29, 0.717) is 91.4 Å². The fraction of sp³-hybridized carbons (Fsp3) is 0.429. The number of ether oxygens (including phenoxy) is 5. The van der Waals surface area contributed by atoms with Crippen molar-refractivity contribution in [1.29, 1.82) is 0 Å². The van der Waals surface area contributed by atoms with Gasteiger partial charge in [-0.15, -0.1) is 11.3 Å². The highest BCUT2D eigenvalue weighted by Gasteiger charge is 2.46. The maximum Gasteiger partial charge on any atom is 0.255 e. The summed E-state index contributed by atoms with van der Waals surface area (Å²) in [7, 11) is 1.58. The molecular weight excluding hydrogens is 1000 g/mol. The number of aryl methyl sites for hydroxylation is 1. The van der Waals surface area contributed by atoms with E-state index in [-0.39, 0.29) is 48.2 Å². The lowest BCUT2D eigenvalue weighted by atomic mass is 10.0. The van der Waals surface area contributed by atoms with Crippen LogP contribution in [0.5, 0.6) is 17.2 Å². The third kappa shape index (κ3) is 13.9. The van der Waals surface area contributed by atoms with Gasteiger partial charge in [0, 0.05) is 80.7 Å². The number of rotatable bonds is 27. The molecule has 0 unspecified atom stereocenters. The molecule has 3 atom stereocenters. The fourth-order valence-corrected chi connectivity index (χ4v) is 10.3. The number of methoxy groups -OCH3 is 1. The number of anilines is 2. The molecule has 16 nitrogen and oxygen atoms in total. The van der Waals surface area contributed by atoms with Crippen molar-refractivity contribution in [1.82, 2.24) is 30.1 Å². The normalized spacial score (nSPS) is 15.7. The van der Waals surface area contributed by atoms with Crippen molar-refractivity contribution in [2.45, 2.75) is 97.0 Å². The predicted octanol–water partition coefficient (Wildman–Crippen LogP) is 9.70. The average molecular weight is 1070 g/mol. The van der Waals surface area contributed by atoms with Crippen molar-refractivity contribution in [2.75, 3.05) is 58.6 Å². The molecule has 19 heteroatoms. The van der Waals surface area contributed by atoms with E-state index in [9.17, 15) is 23.9 Å². The lowest BCUT2D eigenvalue weighted by Gasteiger charge is -2.35. The standard InChI is InChI=1S/C56H65ClFN7O9S/c1-35(2)51(65-31-39-13-5-6-14-42(39)55(65)68)56(69)64-32-41(66)27-47(64)54(67)59-30-38-16-15-37(52-36(3)62-34-75-52)25-48(38)73-23-11-9-21-71-19-7-8-20-72-22-10-12-24-74-50-28-43-46(29-49(50)70-4)60-33-61-53(43)63-40-17-18-45(58)44(57)26-40/h5-6,13-18,25-26,28-29,33-35,41,47,51,66H,7-12,19-24,27,30-32H2,1-4H3,(H,59,67)(H,60,61,63)/t41-,47+,51+/m1/s1. The van der Waals surface area contributed by atoms with Gasteiger partial charge >= 0.3 is 0 Å². The van der Waals surface area contributed by atoms with Gasteiger partial charge in [0.05, 0.1) is 53.0 Å². The van der Waals surface area contributed by atoms with Crippen LogP contribution in [0.4, 0.5) is 15.9 Å². The molecule has 3 amide bonds. The Morgan fingerprint density at radius 2 is 1.57 bits per heavy atom. The molecule has 0 bridgehead atoms. The van der Waals surface area contributed by atoms with Crippen LogP contribution in [0.25, 0.3) is 21.3 Å². The summed E-state index contributed by atoms with van der Waals surface area (Å²) in [5, 5.41) is 17.7. The van der Waals surface area contributed by atoms with Crippen LogP contribution >= 0.6 is 22.9 Å². The molecule has 2 aromatic heterocycles. The van der Waals surface area contributed by atoms with Crippen LogP contribution in [-0.4, -0.2) is 119 Å². The molecular formula is C56H65ClFN7O9S. The summed E-state index contributed by atoms with van der Waals surface area (Å²) < 4.78 is 43.6. The third-order valence-corrected chi connectivity index (χ3v) is 14.5. The Bertz CT molecular complexity index is 2930. The number of unbranched alkanes of at least 4 members (excludes halogenated alkanes) is 3. The van der Waals surface area contributed by atoms with E-state index in [0.717, 1.165) is 65.8 Å². The minimum Gasteiger partial charge on any atom is -0.493 e. The van der Waals surface area contributed by atoms with Crippen LogP contribution in [0.2, 0.25) is 5.02 Å². The Kier molecular flexibility index (Phi) is 19.3. The van der Waals surface area contributed by atoms with E-state index in [1.54, 1.807) is 41.5 Å². The lowest BCUT2D eigenvalue weighted by Crippen LogP contribution is -2.55. The lowest BCUT2D eigenvalue weighted by molar-refractivity contribution is -0.143. The van der Waals surface area contributed by atoms with Crippen LogP contribution in [-0.2, 0) is 32.2 Å². The van der Waals surface area contributed by atoms with Crippen molar-refractivity contribution in [2.24, 2.45) is 5.92 Å². The number of nitrogens with zero attached hydrogens (tertiary/aromatic N) is 5. The zero-order valence-electron chi connectivity index (χ0n) is 42.8. The minimum atomic E-state index is -0.898. The SMILES string of the molecule is COc1cc2ncnc(Nc3ccc(F)c(Cl)c3)c2cc1OCCCCOCCCCOCCCCOc1cc(-c2scnc2C)ccc1CNC(=O)[C@@H]1C[C@@H](O)CN1C(=O)[C@H](C(C)C)N1Cc2ccccc2C1=O. The summed E-state index contributed by atoms with van der Waals surface area (Å²) in [6.07, 6.45) is 5.60. The van der Waals surface area contributed by atoms with Crippen LogP contribution in [0.1, 0.15) is 86.0 Å². The van der Waals surface area contributed by atoms with Gasteiger partial charge in [-0.25, -0.2) is 19.3 Å². The number of hydrogen-bond acceptors (Lipinski definition) is 14. The Morgan fingerprint density at radius 3 is 2.24 bits per heavy atom. The van der Waals surface area contributed by atoms with Crippen LogP contribution in [0.15, 0.2) is 84.6 Å². The zero-order valence-corrected chi connectivity index (χ0v) is 44.4. The number of carbonyl (C=O) groups is 3. The Hall–Kier alpha value is -6.44. The number of nitrogens with one attached hydrogen (secondary N) is 2. The number of aliphatic hydroxyl groups excluding tert-OH is 1. The highest BCUT2D eigenvalue weighted by Crippen LogP contribution is 2.37. The second kappa shape index (κ2) is 26.4. The smallest absolute Gasteiger partial charge is 0.255 e. The van der Waals surface area contributed by atoms with E-state index < -0.39 is 24.0 Å². The van der Waals surface area contributed by atoms with Crippen molar-refractivity contribution in [3.63, 3.8) is 0 Å². The van der Waals surface area contributed by atoms with E-state index in [4.69, 9.17) is 35.3 Å². The average Bonchev–Trinajstić information content (AvgIpc) is 4.12. The molecule has 0 saturated carbocycles. The zero-order chi connectivity index (χ0) is 52.8. The largest absolute Gasteiger partial charge is 0.493 e. The van der Waals surface area contributed by atoms with Gasteiger partial charge in [-0.3, -0.25) is 14.4 Å². The van der Waals surface area contributed by atoms with E-state index in [1.807, 2.05) is 68.7 Å². The highest BCUT2D eigenvalue weighted by atomic mass is 35.5. The minimum absolute atomic E-state index is 0.00575. The second-order valence-corrected chi connectivity index (χ2v) is 20.3. The monoisotopic (exact) mass is 1070 g/mol. The van der Waals surface area contributed by atoms with Gasteiger partial charge in [-0.05, 0) is 98.9 Å². The number of aliphatic hydroxyl groups is 1. The number of benzene rings is 4. The summed E-state index contributed by atoms with van der Waals surface area (Å²) in [5.74, 6) is 0.609. The maximum absolute atomic E-state index is 14.3. The van der Waals surface area contributed by atoms with E-state index >= 15 is 0 Å². The first-order valence-electron chi connectivity index (χ1n) is 25.5. The molecule has 0 spiro atoms. The molecule has 6 aromatic rings. The summed E-state index contributed by atoms with van der Waals surface area (Å²) in [6, 6.07) is 19.6. The first kappa shape index (κ1) is 54.8. The van der Waals surface area contributed by atoms with Gasteiger partial charge in [-0.2, -0.15) is 0 Å². The molecule has 0 radical (unpaired) electrons. The predicted molar refractivity (Wildman–Crippen MR) is 286 cm³/mol. The van der Waals surface area contributed by atoms with Crippen LogP contribution in [0, 0.1) is 18.7 Å². The van der Waals surface area contributed by atoms with Crippen molar-refractivity contribution in [3.8, 4) is 27.7 Å². The second-order valence-electron chi connectivity index (χ2n) is 19.0. The quantitative estimate of drug-likeness (QED) is 0.0415. The van der Waals surface area contributed by atoms with Gasteiger partial charge in [-0.1, -0.05) is 55.8 Å². The van der Waals surface area contributed by atoms with E-state index in [2.05, 4.69) is 25.6 Å². The molecule has 8 rings (SSSR count). The summed E-state index contributed by atoms with van der Waals surface area (Å²) in [6.45, 7) is 9.62. The van der Waals surface area contributed by atoms with Gasteiger partial charge in [0.25, 0.3) is 5.91 Å². The first-order chi connectivity index (χ1) is 36.4. The molecule has 1 saturated heterocycles. The molecule has 75 heavy (non-hydrogen) atoms. The third-order valence-electron chi connectivity index (χ3n) is 13.3. The highest BCUT2D eigenvalue weighted by molar-refractivity contribution is 7.13.